The Bertz CT molecular complexity index is 1100. The van der Waals surface area contributed by atoms with Gasteiger partial charge < -0.3 is 23.9 Å². The van der Waals surface area contributed by atoms with Crippen molar-refractivity contribution in [2.24, 2.45) is 5.92 Å². The number of hydrogen-bond donors (Lipinski definition) is 0. The number of hydrogen-bond acceptors (Lipinski definition) is 6. The molecular weight excluding hydrogens is 496 g/mol. The number of carbonyl (C=O) groups is 3. The van der Waals surface area contributed by atoms with Crippen molar-refractivity contribution in [3.05, 3.63) is 46.6 Å². The summed E-state index contributed by atoms with van der Waals surface area (Å²) in [4.78, 5) is 49.1. The van der Waals surface area contributed by atoms with E-state index in [1.54, 1.807) is 49.0 Å². The Morgan fingerprint density at radius 2 is 1.76 bits per heavy atom. The van der Waals surface area contributed by atoms with Gasteiger partial charge in [0.2, 0.25) is 5.91 Å². The molecule has 3 rings (SSSR count). The Morgan fingerprint density at radius 1 is 1.08 bits per heavy atom. The van der Waals surface area contributed by atoms with Crippen molar-refractivity contribution < 1.29 is 23.5 Å². The number of aromatic nitrogens is 1. The Labute approximate surface area is 223 Å². The van der Waals surface area contributed by atoms with Crippen molar-refractivity contribution >= 4 is 29.3 Å². The number of likely N-dealkylation sites (N-methyl/N-ethyl adjacent to an activating group) is 2. The van der Waals surface area contributed by atoms with Crippen molar-refractivity contribution in [1.82, 2.24) is 19.7 Å². The van der Waals surface area contributed by atoms with E-state index in [4.69, 9.17) is 20.8 Å². The van der Waals surface area contributed by atoms with Crippen molar-refractivity contribution in [2.75, 3.05) is 40.3 Å². The van der Waals surface area contributed by atoms with Crippen LogP contribution in [0.25, 0.3) is 0 Å². The summed E-state index contributed by atoms with van der Waals surface area (Å²) in [6.45, 7) is 7.53. The lowest BCUT2D eigenvalue weighted by Gasteiger charge is -2.33. The molecule has 0 fully saturated rings. The maximum atomic E-state index is 13.5. The van der Waals surface area contributed by atoms with E-state index in [0.717, 1.165) is 6.42 Å². The molecule has 1 aliphatic heterocycles. The number of oxazole rings is 1. The molecule has 9 nitrogen and oxygen atoms in total. The molecule has 1 aromatic carbocycles. The van der Waals surface area contributed by atoms with Crippen molar-refractivity contribution in [1.29, 1.82) is 0 Å². The molecule has 2 heterocycles. The zero-order chi connectivity index (χ0) is 27.1. The topological polar surface area (TPSA) is 96.2 Å². The summed E-state index contributed by atoms with van der Waals surface area (Å²) in [5.74, 6) is 0.189. The molecule has 0 bridgehead atoms. The molecule has 0 radical (unpaired) electrons. The van der Waals surface area contributed by atoms with Crippen LogP contribution in [0, 0.1) is 12.8 Å². The van der Waals surface area contributed by atoms with Crippen LogP contribution >= 0.6 is 11.6 Å². The van der Waals surface area contributed by atoms with Crippen LogP contribution in [0.1, 0.15) is 66.1 Å². The number of aryl methyl sites for hydroxylation is 1. The fraction of sp³-hybridized carbons (Fsp3) is 0.556. The number of benzene rings is 1. The van der Waals surface area contributed by atoms with Crippen LogP contribution in [-0.4, -0.2) is 83.8 Å². The highest BCUT2D eigenvalue weighted by molar-refractivity contribution is 6.31. The predicted molar refractivity (Wildman–Crippen MR) is 141 cm³/mol. The summed E-state index contributed by atoms with van der Waals surface area (Å²) >= 11 is 6.22. The molecule has 0 unspecified atom stereocenters. The van der Waals surface area contributed by atoms with E-state index in [0.29, 0.717) is 73.3 Å². The minimum atomic E-state index is -0.645. The molecule has 1 aromatic heterocycles. The number of nitrogens with zero attached hydrogens (tertiary/aromatic N) is 4. The highest BCUT2D eigenvalue weighted by Crippen LogP contribution is 2.26. The van der Waals surface area contributed by atoms with E-state index < -0.39 is 6.04 Å². The van der Waals surface area contributed by atoms with E-state index in [-0.39, 0.29) is 23.6 Å². The van der Waals surface area contributed by atoms with Gasteiger partial charge in [0.05, 0.1) is 12.2 Å². The molecule has 1 atom stereocenters. The second-order valence-corrected chi connectivity index (χ2v) is 10.3. The quantitative estimate of drug-likeness (QED) is 0.572. The van der Waals surface area contributed by atoms with Crippen LogP contribution < -0.4 is 4.74 Å². The first-order valence-electron chi connectivity index (χ1n) is 12.8. The summed E-state index contributed by atoms with van der Waals surface area (Å²) in [6.07, 6.45) is 4.12. The summed E-state index contributed by atoms with van der Waals surface area (Å²) in [6, 6.07) is 4.29. The molecule has 37 heavy (non-hydrogen) atoms. The molecule has 2 aromatic rings. The van der Waals surface area contributed by atoms with Gasteiger partial charge in [-0.2, -0.15) is 0 Å². The van der Waals surface area contributed by atoms with Crippen molar-refractivity contribution in [3.63, 3.8) is 0 Å². The molecule has 0 saturated heterocycles. The van der Waals surface area contributed by atoms with E-state index in [9.17, 15) is 14.4 Å². The average Bonchev–Trinajstić information content (AvgIpc) is 3.29. The molecule has 0 saturated carbocycles. The molecule has 3 amide bonds. The third-order valence-corrected chi connectivity index (χ3v) is 6.89. The second kappa shape index (κ2) is 12.9. The molecule has 10 heteroatoms. The van der Waals surface area contributed by atoms with Crippen LogP contribution in [0.3, 0.4) is 0 Å². The fourth-order valence-electron chi connectivity index (χ4n) is 4.56. The molecule has 0 aliphatic carbocycles. The molecule has 202 valence electrons. The Hall–Kier alpha value is -3.07. The van der Waals surface area contributed by atoms with Gasteiger partial charge in [0.15, 0.2) is 12.1 Å². The zero-order valence-electron chi connectivity index (χ0n) is 22.3. The maximum absolute atomic E-state index is 13.5. The van der Waals surface area contributed by atoms with Crippen LogP contribution in [0.15, 0.2) is 29.0 Å². The van der Waals surface area contributed by atoms with Crippen LogP contribution in [0.2, 0.25) is 5.02 Å². The summed E-state index contributed by atoms with van der Waals surface area (Å²) in [5, 5.41) is 0.414. The third kappa shape index (κ3) is 7.03. The van der Waals surface area contributed by atoms with Crippen LogP contribution in [0.4, 0.5) is 0 Å². The average molecular weight is 533 g/mol. The van der Waals surface area contributed by atoms with E-state index in [1.807, 2.05) is 13.8 Å². The summed E-state index contributed by atoms with van der Waals surface area (Å²) in [7, 11) is 3.40. The first kappa shape index (κ1) is 28.5. The number of carbonyl (C=O) groups excluding carboxylic acids is 3. The highest BCUT2D eigenvalue weighted by atomic mass is 35.5. The molecule has 0 N–H and O–H groups in total. The van der Waals surface area contributed by atoms with Crippen molar-refractivity contribution in [3.8, 4) is 5.75 Å². The first-order chi connectivity index (χ1) is 17.6. The van der Waals surface area contributed by atoms with E-state index in [2.05, 4.69) is 4.98 Å². The lowest BCUT2D eigenvalue weighted by Crippen LogP contribution is -2.51. The van der Waals surface area contributed by atoms with E-state index >= 15 is 0 Å². The van der Waals surface area contributed by atoms with Crippen LogP contribution in [0.5, 0.6) is 5.75 Å². The second-order valence-electron chi connectivity index (χ2n) is 9.82. The number of fused-ring (bicyclic) bond motifs is 1. The van der Waals surface area contributed by atoms with Gasteiger partial charge in [-0.3, -0.25) is 14.4 Å². The van der Waals surface area contributed by atoms with Gasteiger partial charge in [-0.1, -0.05) is 25.4 Å². The Morgan fingerprint density at radius 3 is 2.41 bits per heavy atom. The minimum absolute atomic E-state index is 0.103. The molecule has 1 aliphatic rings. The van der Waals surface area contributed by atoms with Gasteiger partial charge in [0.1, 0.15) is 17.6 Å². The van der Waals surface area contributed by atoms with Crippen LogP contribution in [-0.2, 0) is 4.79 Å². The summed E-state index contributed by atoms with van der Waals surface area (Å²) in [5.41, 5.74) is 0.639. The summed E-state index contributed by atoms with van der Waals surface area (Å²) < 4.78 is 11.2. The number of ether oxygens (including phenoxy) is 1. The van der Waals surface area contributed by atoms with Gasteiger partial charge in [-0.05, 0) is 56.7 Å². The smallest absolute Gasteiger partial charge is 0.276 e. The highest BCUT2D eigenvalue weighted by Gasteiger charge is 2.33. The minimum Gasteiger partial charge on any atom is -0.493 e. The first-order valence-corrected chi connectivity index (χ1v) is 13.1. The lowest BCUT2D eigenvalue weighted by molar-refractivity contribution is -0.136. The van der Waals surface area contributed by atoms with Gasteiger partial charge in [-0.15, -0.1) is 0 Å². The normalized spacial score (nSPS) is 19.0. The van der Waals surface area contributed by atoms with Gasteiger partial charge >= 0.3 is 0 Å². The van der Waals surface area contributed by atoms with Gasteiger partial charge in [0, 0.05) is 38.8 Å². The standard InChI is InChI=1S/C27H37ClN4O5/c1-18(2)24-27(35)30(4)12-6-7-13-32(26(34)23-19(3)37-17-29-23)14-8-9-15-36-22-11-10-20(28)16-21(22)25(33)31(24)5/h10-11,16-18,24H,6-9,12-15H2,1-5H3/t24-/m0/s1. The third-order valence-electron chi connectivity index (χ3n) is 6.66. The molecule has 0 spiro atoms. The van der Waals surface area contributed by atoms with E-state index in [1.165, 1.54) is 11.3 Å². The monoisotopic (exact) mass is 532 g/mol. The lowest BCUT2D eigenvalue weighted by atomic mass is 10.00. The zero-order valence-corrected chi connectivity index (χ0v) is 23.1. The van der Waals surface area contributed by atoms with Gasteiger partial charge in [-0.25, -0.2) is 4.98 Å². The fourth-order valence-corrected chi connectivity index (χ4v) is 4.73. The largest absolute Gasteiger partial charge is 0.493 e. The molecular formula is C27H37ClN4O5. The Kier molecular flexibility index (Phi) is 9.97. The van der Waals surface area contributed by atoms with Gasteiger partial charge in [0.25, 0.3) is 11.8 Å². The SMILES string of the molecule is Cc1ocnc1C(=O)N1CCCCOc2ccc(Cl)cc2C(=O)N(C)[C@@H](C(C)C)C(=O)N(C)CCCC1. The maximum Gasteiger partial charge on any atom is 0.276 e. The number of halogens is 1. The Balaban J connectivity index is 1.86. The predicted octanol–water partition coefficient (Wildman–Crippen LogP) is 4.29. The van der Waals surface area contributed by atoms with Crippen molar-refractivity contribution in [2.45, 2.75) is 52.5 Å². The number of amides is 3. The number of rotatable bonds is 2.